The number of methoxy groups -OCH3 is 1. The van der Waals surface area contributed by atoms with E-state index in [0.717, 1.165) is 24.5 Å². The lowest BCUT2D eigenvalue weighted by atomic mass is 9.69. The van der Waals surface area contributed by atoms with Crippen LogP contribution in [0.15, 0.2) is 0 Å². The molecule has 1 heterocycles. The molecule has 1 aliphatic carbocycles. The van der Waals surface area contributed by atoms with E-state index in [1.807, 2.05) is 0 Å². The van der Waals surface area contributed by atoms with E-state index in [0.29, 0.717) is 0 Å². The Morgan fingerprint density at radius 3 is 2.57 bits per heavy atom. The maximum Gasteiger partial charge on any atom is 0.0462 e. The van der Waals surface area contributed by atoms with Gasteiger partial charge >= 0.3 is 0 Å². The topological polar surface area (TPSA) is 21.3 Å². The highest BCUT2D eigenvalue weighted by atomic mass is 16.5. The standard InChI is InChI=1S/C12H23NO/c1-14-9-3-6-11(10-4-2-5-10)12-7-8-13-12/h10-13H,2-9H2,1H3. The minimum atomic E-state index is 0.845. The van der Waals surface area contributed by atoms with Crippen molar-refractivity contribution in [2.75, 3.05) is 20.3 Å². The molecule has 1 N–H and O–H groups in total. The summed E-state index contributed by atoms with van der Waals surface area (Å²) in [6.45, 7) is 2.19. The van der Waals surface area contributed by atoms with Gasteiger partial charge in [0.25, 0.3) is 0 Å². The van der Waals surface area contributed by atoms with Crippen LogP contribution in [0, 0.1) is 11.8 Å². The third-order valence-electron chi connectivity index (χ3n) is 4.02. The van der Waals surface area contributed by atoms with E-state index in [4.69, 9.17) is 4.74 Å². The Morgan fingerprint density at radius 2 is 2.14 bits per heavy atom. The van der Waals surface area contributed by atoms with Crippen LogP contribution in [0.4, 0.5) is 0 Å². The van der Waals surface area contributed by atoms with Gasteiger partial charge in [0.1, 0.15) is 0 Å². The number of hydrogen-bond acceptors (Lipinski definition) is 2. The Morgan fingerprint density at radius 1 is 1.36 bits per heavy atom. The van der Waals surface area contributed by atoms with Crippen molar-refractivity contribution in [2.45, 2.75) is 44.6 Å². The molecule has 2 atom stereocenters. The summed E-state index contributed by atoms with van der Waals surface area (Å²) >= 11 is 0. The fraction of sp³-hybridized carbons (Fsp3) is 1.00. The number of rotatable bonds is 6. The van der Waals surface area contributed by atoms with E-state index in [9.17, 15) is 0 Å². The van der Waals surface area contributed by atoms with Crippen molar-refractivity contribution in [3.63, 3.8) is 0 Å². The van der Waals surface area contributed by atoms with E-state index in [1.54, 1.807) is 7.11 Å². The summed E-state index contributed by atoms with van der Waals surface area (Å²) in [5, 5.41) is 3.58. The van der Waals surface area contributed by atoms with Crippen molar-refractivity contribution in [1.82, 2.24) is 5.32 Å². The second-order valence-corrected chi connectivity index (χ2v) is 4.84. The summed E-state index contributed by atoms with van der Waals surface area (Å²) in [4.78, 5) is 0. The number of ether oxygens (including phenoxy) is 1. The average Bonchev–Trinajstić information content (AvgIpc) is 1.98. The summed E-state index contributed by atoms with van der Waals surface area (Å²) in [6, 6.07) is 0.845. The fourth-order valence-corrected chi connectivity index (χ4v) is 2.77. The van der Waals surface area contributed by atoms with Gasteiger partial charge < -0.3 is 10.1 Å². The Hall–Kier alpha value is -0.0800. The molecule has 0 aromatic carbocycles. The summed E-state index contributed by atoms with van der Waals surface area (Å²) in [5.41, 5.74) is 0. The molecule has 2 unspecified atom stereocenters. The maximum atomic E-state index is 5.13. The molecule has 0 aromatic heterocycles. The molecule has 14 heavy (non-hydrogen) atoms. The van der Waals surface area contributed by atoms with Gasteiger partial charge in [0.05, 0.1) is 0 Å². The predicted molar refractivity (Wildman–Crippen MR) is 58.3 cm³/mol. The molecule has 82 valence electrons. The Balaban J connectivity index is 1.73. The summed E-state index contributed by atoms with van der Waals surface area (Å²) in [5.74, 6) is 1.98. The average molecular weight is 197 g/mol. The molecular formula is C12H23NO. The van der Waals surface area contributed by atoms with Gasteiger partial charge in [-0.25, -0.2) is 0 Å². The van der Waals surface area contributed by atoms with Gasteiger partial charge in [-0.3, -0.25) is 0 Å². The van der Waals surface area contributed by atoms with Crippen LogP contribution in [0.3, 0.4) is 0 Å². The van der Waals surface area contributed by atoms with Crippen LogP contribution in [0.25, 0.3) is 0 Å². The molecule has 0 radical (unpaired) electrons. The molecule has 1 saturated heterocycles. The Labute approximate surface area is 87.4 Å². The molecule has 0 amide bonds. The van der Waals surface area contributed by atoms with Gasteiger partial charge in [0.15, 0.2) is 0 Å². The monoisotopic (exact) mass is 197 g/mol. The molecule has 1 saturated carbocycles. The van der Waals surface area contributed by atoms with Crippen LogP contribution in [-0.2, 0) is 4.74 Å². The van der Waals surface area contributed by atoms with Gasteiger partial charge in [-0.2, -0.15) is 0 Å². The third-order valence-corrected chi connectivity index (χ3v) is 4.02. The van der Waals surface area contributed by atoms with Gasteiger partial charge in [-0.1, -0.05) is 19.3 Å². The lowest BCUT2D eigenvalue weighted by Crippen LogP contribution is -2.51. The zero-order valence-electron chi connectivity index (χ0n) is 9.30. The largest absolute Gasteiger partial charge is 0.385 e. The van der Waals surface area contributed by atoms with E-state index in [1.165, 1.54) is 45.1 Å². The fourth-order valence-electron chi connectivity index (χ4n) is 2.77. The van der Waals surface area contributed by atoms with Gasteiger partial charge in [0.2, 0.25) is 0 Å². The first-order chi connectivity index (χ1) is 6.92. The number of nitrogens with one attached hydrogen (secondary N) is 1. The van der Waals surface area contributed by atoms with E-state index >= 15 is 0 Å². The normalized spacial score (nSPS) is 29.4. The summed E-state index contributed by atoms with van der Waals surface area (Å²) in [7, 11) is 1.81. The minimum absolute atomic E-state index is 0.845. The minimum Gasteiger partial charge on any atom is -0.385 e. The van der Waals surface area contributed by atoms with Crippen molar-refractivity contribution in [3.8, 4) is 0 Å². The van der Waals surface area contributed by atoms with Crippen molar-refractivity contribution in [1.29, 1.82) is 0 Å². The molecule has 2 nitrogen and oxygen atoms in total. The first kappa shape index (κ1) is 10.4. The summed E-state index contributed by atoms with van der Waals surface area (Å²) < 4.78 is 5.13. The van der Waals surface area contributed by atoms with Crippen LogP contribution >= 0.6 is 0 Å². The van der Waals surface area contributed by atoms with Gasteiger partial charge in [0, 0.05) is 19.8 Å². The van der Waals surface area contributed by atoms with E-state index in [2.05, 4.69) is 5.32 Å². The third kappa shape index (κ3) is 2.29. The maximum absolute atomic E-state index is 5.13. The highest BCUT2D eigenvalue weighted by Crippen LogP contribution is 2.39. The smallest absolute Gasteiger partial charge is 0.0462 e. The molecule has 2 aliphatic rings. The second kappa shape index (κ2) is 5.13. The first-order valence-corrected chi connectivity index (χ1v) is 6.14. The van der Waals surface area contributed by atoms with Crippen molar-refractivity contribution < 1.29 is 4.74 Å². The van der Waals surface area contributed by atoms with Crippen LogP contribution in [0.1, 0.15) is 38.5 Å². The summed E-state index contributed by atoms with van der Waals surface area (Å²) in [6.07, 6.45) is 8.46. The van der Waals surface area contributed by atoms with Crippen molar-refractivity contribution in [2.24, 2.45) is 11.8 Å². The molecule has 2 rings (SSSR count). The van der Waals surface area contributed by atoms with Gasteiger partial charge in [-0.05, 0) is 37.6 Å². The Kier molecular flexibility index (Phi) is 3.82. The van der Waals surface area contributed by atoms with Crippen LogP contribution in [0.2, 0.25) is 0 Å². The Bertz CT molecular complexity index is 150. The molecule has 1 aliphatic heterocycles. The first-order valence-electron chi connectivity index (χ1n) is 6.14. The van der Waals surface area contributed by atoms with Crippen LogP contribution < -0.4 is 5.32 Å². The zero-order chi connectivity index (χ0) is 9.80. The van der Waals surface area contributed by atoms with Gasteiger partial charge in [-0.15, -0.1) is 0 Å². The second-order valence-electron chi connectivity index (χ2n) is 4.84. The van der Waals surface area contributed by atoms with E-state index in [-0.39, 0.29) is 0 Å². The number of hydrogen-bond donors (Lipinski definition) is 1. The zero-order valence-corrected chi connectivity index (χ0v) is 9.30. The molecule has 2 fully saturated rings. The van der Waals surface area contributed by atoms with Crippen molar-refractivity contribution >= 4 is 0 Å². The lowest BCUT2D eigenvalue weighted by Gasteiger charge is -2.43. The molecule has 2 heteroatoms. The SMILES string of the molecule is COCCCC(C1CCC1)C1CCN1. The quantitative estimate of drug-likeness (QED) is 0.659. The lowest BCUT2D eigenvalue weighted by molar-refractivity contribution is 0.104. The highest BCUT2D eigenvalue weighted by Gasteiger charge is 2.35. The van der Waals surface area contributed by atoms with Crippen LogP contribution in [0.5, 0.6) is 0 Å². The predicted octanol–water partition coefficient (Wildman–Crippen LogP) is 2.19. The van der Waals surface area contributed by atoms with Crippen molar-refractivity contribution in [3.05, 3.63) is 0 Å². The molecule has 0 aromatic rings. The van der Waals surface area contributed by atoms with Crippen LogP contribution in [-0.4, -0.2) is 26.3 Å². The highest BCUT2D eigenvalue weighted by molar-refractivity contribution is 4.90. The van der Waals surface area contributed by atoms with E-state index < -0.39 is 0 Å². The molecular weight excluding hydrogens is 174 g/mol. The molecule has 0 bridgehead atoms. The molecule has 0 spiro atoms.